The van der Waals surface area contributed by atoms with Gasteiger partial charge in [0.1, 0.15) is 5.82 Å². The van der Waals surface area contributed by atoms with Crippen LogP contribution in [0.2, 0.25) is 5.02 Å². The number of halogens is 2. The third-order valence-corrected chi connectivity index (χ3v) is 4.46. The Morgan fingerprint density at radius 1 is 1.33 bits per heavy atom. The van der Waals surface area contributed by atoms with E-state index >= 15 is 0 Å². The Kier molecular flexibility index (Phi) is 4.20. The predicted molar refractivity (Wildman–Crippen MR) is 90.4 cm³/mol. The minimum atomic E-state index is -0.569. The molecular formula is C18H14ClFN2O2. The molecule has 0 bridgehead atoms. The van der Waals surface area contributed by atoms with Gasteiger partial charge in [0.15, 0.2) is 0 Å². The third-order valence-electron chi connectivity index (χ3n) is 4.15. The van der Waals surface area contributed by atoms with Crippen molar-refractivity contribution in [2.75, 3.05) is 0 Å². The van der Waals surface area contributed by atoms with Gasteiger partial charge in [-0.1, -0.05) is 23.3 Å². The number of nitrogens with zero attached hydrogens (tertiary/aromatic N) is 1. The van der Waals surface area contributed by atoms with E-state index in [1.807, 2.05) is 13.0 Å². The van der Waals surface area contributed by atoms with Crippen LogP contribution in [0, 0.1) is 11.7 Å². The van der Waals surface area contributed by atoms with Gasteiger partial charge >= 0.3 is 0 Å². The number of benzene rings is 1. The Balaban J connectivity index is 1.91. The molecule has 1 N–H and O–H groups in total. The van der Waals surface area contributed by atoms with Gasteiger partial charge in [-0.15, -0.1) is 0 Å². The van der Waals surface area contributed by atoms with Gasteiger partial charge in [-0.05, 0) is 44.2 Å². The van der Waals surface area contributed by atoms with E-state index in [2.05, 4.69) is 10.3 Å². The summed E-state index contributed by atoms with van der Waals surface area (Å²) in [7, 11) is 0. The molecule has 1 aliphatic carbocycles. The van der Waals surface area contributed by atoms with Crippen molar-refractivity contribution in [2.24, 2.45) is 10.9 Å². The summed E-state index contributed by atoms with van der Waals surface area (Å²) in [6.07, 6.45) is 5.26. The summed E-state index contributed by atoms with van der Waals surface area (Å²) in [5.74, 6) is -1.27. The number of fused-ring (bicyclic) bond motifs is 1. The van der Waals surface area contributed by atoms with Crippen molar-refractivity contribution in [2.45, 2.75) is 13.8 Å². The molecule has 6 heteroatoms. The van der Waals surface area contributed by atoms with Gasteiger partial charge in [0.25, 0.3) is 11.8 Å². The zero-order valence-electron chi connectivity index (χ0n) is 13.1. The highest BCUT2D eigenvalue weighted by Crippen LogP contribution is 2.30. The summed E-state index contributed by atoms with van der Waals surface area (Å²) < 4.78 is 13.1. The lowest BCUT2D eigenvalue weighted by molar-refractivity contribution is -0.117. The number of aliphatic imine (C=N–C) groups is 1. The van der Waals surface area contributed by atoms with Crippen molar-refractivity contribution < 1.29 is 14.0 Å². The van der Waals surface area contributed by atoms with Crippen molar-refractivity contribution in [3.05, 3.63) is 69.7 Å². The molecule has 0 aromatic heterocycles. The van der Waals surface area contributed by atoms with E-state index in [9.17, 15) is 14.0 Å². The van der Waals surface area contributed by atoms with Crippen LogP contribution < -0.4 is 5.32 Å². The molecule has 0 spiro atoms. The maximum atomic E-state index is 13.1. The lowest BCUT2D eigenvalue weighted by Crippen LogP contribution is -2.35. The van der Waals surface area contributed by atoms with Crippen LogP contribution in [0.4, 0.5) is 4.39 Å². The molecule has 0 saturated heterocycles. The lowest BCUT2D eigenvalue weighted by Gasteiger charge is -2.28. The fourth-order valence-corrected chi connectivity index (χ4v) is 2.88. The van der Waals surface area contributed by atoms with Gasteiger partial charge in [-0.2, -0.15) is 0 Å². The molecule has 2 amide bonds. The number of rotatable bonds is 1. The van der Waals surface area contributed by atoms with Crippen LogP contribution in [0.1, 0.15) is 24.2 Å². The van der Waals surface area contributed by atoms with E-state index in [4.69, 9.17) is 11.6 Å². The molecule has 1 atom stereocenters. The van der Waals surface area contributed by atoms with Crippen LogP contribution >= 0.6 is 11.6 Å². The highest BCUT2D eigenvalue weighted by atomic mass is 35.5. The highest BCUT2D eigenvalue weighted by molar-refractivity contribution is 6.34. The van der Waals surface area contributed by atoms with Crippen LogP contribution in [-0.4, -0.2) is 17.5 Å². The number of allylic oxidation sites excluding steroid dienone is 3. The van der Waals surface area contributed by atoms with Crippen molar-refractivity contribution in [1.29, 1.82) is 0 Å². The smallest absolute Gasteiger partial charge is 0.279 e. The number of hydrogen-bond donors (Lipinski definition) is 1. The van der Waals surface area contributed by atoms with Crippen LogP contribution in [0.15, 0.2) is 58.3 Å². The van der Waals surface area contributed by atoms with Crippen molar-refractivity contribution >= 4 is 29.1 Å². The molecule has 1 aromatic carbocycles. The summed E-state index contributed by atoms with van der Waals surface area (Å²) in [6, 6.07) is 3.52. The summed E-state index contributed by atoms with van der Waals surface area (Å²) in [6.45, 7) is 3.68. The second kappa shape index (κ2) is 6.17. The second-order valence-corrected chi connectivity index (χ2v) is 6.07. The minimum Gasteiger partial charge on any atom is -0.325 e. The molecule has 24 heavy (non-hydrogen) atoms. The van der Waals surface area contributed by atoms with Crippen molar-refractivity contribution in [3.63, 3.8) is 0 Å². The van der Waals surface area contributed by atoms with Crippen LogP contribution in [0.3, 0.4) is 0 Å². The first-order valence-corrected chi connectivity index (χ1v) is 7.71. The first-order valence-electron chi connectivity index (χ1n) is 7.33. The van der Waals surface area contributed by atoms with E-state index in [1.165, 1.54) is 6.07 Å². The average molecular weight is 345 g/mol. The topological polar surface area (TPSA) is 58.5 Å². The van der Waals surface area contributed by atoms with E-state index in [0.29, 0.717) is 17.0 Å². The fourth-order valence-electron chi connectivity index (χ4n) is 2.63. The fraction of sp³-hybridized carbons (Fsp3) is 0.167. The van der Waals surface area contributed by atoms with Crippen molar-refractivity contribution in [3.8, 4) is 0 Å². The molecule has 122 valence electrons. The summed E-state index contributed by atoms with van der Waals surface area (Å²) in [5, 5.41) is 2.81. The highest BCUT2D eigenvalue weighted by Gasteiger charge is 2.27. The first-order chi connectivity index (χ1) is 11.4. The van der Waals surface area contributed by atoms with Gasteiger partial charge in [-0.25, -0.2) is 9.38 Å². The average Bonchev–Trinajstić information content (AvgIpc) is 2.52. The minimum absolute atomic E-state index is 0.00930. The van der Waals surface area contributed by atoms with Gasteiger partial charge < -0.3 is 5.32 Å². The first kappa shape index (κ1) is 16.3. The standard InChI is InChI=1S/C18H14ClFN2O2/c1-9-10(2)17(23)22-16-8-12(4-6-13(9)16)21-18(24)14-5-3-11(20)7-15(14)19/h3-8,13H,1-2H3,(H,22,23). The maximum Gasteiger partial charge on any atom is 0.279 e. The van der Waals surface area contributed by atoms with Crippen LogP contribution in [0.5, 0.6) is 0 Å². The van der Waals surface area contributed by atoms with Crippen LogP contribution in [-0.2, 0) is 4.79 Å². The summed E-state index contributed by atoms with van der Waals surface area (Å²) in [5.41, 5.74) is 2.87. The Bertz CT molecular complexity index is 881. The van der Waals surface area contributed by atoms with E-state index in [0.717, 1.165) is 17.7 Å². The molecule has 0 radical (unpaired) electrons. The molecule has 1 heterocycles. The van der Waals surface area contributed by atoms with E-state index in [1.54, 1.807) is 19.1 Å². The molecule has 0 saturated carbocycles. The Morgan fingerprint density at radius 3 is 2.79 bits per heavy atom. The molecular weight excluding hydrogens is 331 g/mol. The Hall–Kier alpha value is -2.53. The monoisotopic (exact) mass is 344 g/mol. The molecule has 1 aromatic rings. The summed E-state index contributed by atoms with van der Waals surface area (Å²) in [4.78, 5) is 28.1. The Labute approximate surface area is 143 Å². The molecule has 3 rings (SSSR count). The zero-order chi connectivity index (χ0) is 17.4. The molecule has 2 aliphatic rings. The van der Waals surface area contributed by atoms with Gasteiger partial charge in [0.05, 0.1) is 16.3 Å². The SMILES string of the molecule is CC1=C(C)C2C=CC(=NC(=O)c3ccc(F)cc3Cl)C=C2NC1=O. The predicted octanol–water partition coefficient (Wildman–Crippen LogP) is 3.60. The molecule has 0 fully saturated rings. The lowest BCUT2D eigenvalue weighted by atomic mass is 9.85. The molecule has 1 unspecified atom stereocenters. The molecule has 1 aliphatic heterocycles. The van der Waals surface area contributed by atoms with Crippen LogP contribution in [0.25, 0.3) is 0 Å². The number of carbonyl (C=O) groups is 2. The zero-order valence-corrected chi connectivity index (χ0v) is 13.8. The van der Waals surface area contributed by atoms with Crippen molar-refractivity contribution in [1.82, 2.24) is 5.32 Å². The Morgan fingerprint density at radius 2 is 2.08 bits per heavy atom. The van der Waals surface area contributed by atoms with E-state index < -0.39 is 11.7 Å². The number of amides is 2. The second-order valence-electron chi connectivity index (χ2n) is 5.66. The summed E-state index contributed by atoms with van der Waals surface area (Å²) >= 11 is 5.88. The maximum absolute atomic E-state index is 13.1. The quantitative estimate of drug-likeness (QED) is 0.846. The number of hydrogen-bond acceptors (Lipinski definition) is 2. The van der Waals surface area contributed by atoms with Gasteiger partial charge in [0, 0.05) is 17.2 Å². The normalized spacial score (nSPS) is 21.5. The number of carbonyl (C=O) groups excluding carboxylic acids is 2. The van der Waals surface area contributed by atoms with E-state index in [-0.39, 0.29) is 22.4 Å². The third kappa shape index (κ3) is 2.95. The number of nitrogens with one attached hydrogen (secondary N) is 1. The largest absolute Gasteiger partial charge is 0.325 e. The van der Waals surface area contributed by atoms with Gasteiger partial charge in [-0.3, -0.25) is 9.59 Å². The van der Waals surface area contributed by atoms with Gasteiger partial charge in [0.2, 0.25) is 0 Å². The molecule has 4 nitrogen and oxygen atoms in total.